The van der Waals surface area contributed by atoms with Crippen LogP contribution in [0.2, 0.25) is 0 Å². The van der Waals surface area contributed by atoms with Gasteiger partial charge in [0.05, 0.1) is 0 Å². The molecular formula is C40H39N. The van der Waals surface area contributed by atoms with Crippen molar-refractivity contribution < 1.29 is 0 Å². The van der Waals surface area contributed by atoms with Gasteiger partial charge in [0.25, 0.3) is 0 Å². The minimum absolute atomic E-state index is 0.181. The molecule has 5 aromatic carbocycles. The number of aryl methyl sites for hydroxylation is 1. The number of hydrogen-bond donors (Lipinski definition) is 0. The van der Waals surface area contributed by atoms with Crippen LogP contribution in [0.25, 0.3) is 21.5 Å². The molecule has 1 atom stereocenters. The van der Waals surface area contributed by atoms with Crippen molar-refractivity contribution in [2.75, 3.05) is 11.9 Å². The van der Waals surface area contributed by atoms with Gasteiger partial charge < -0.3 is 4.90 Å². The molecule has 0 aromatic heterocycles. The summed E-state index contributed by atoms with van der Waals surface area (Å²) in [4.78, 5) is 2.39. The monoisotopic (exact) mass is 533 g/mol. The lowest BCUT2D eigenvalue weighted by molar-refractivity contribution is 0.571. The Hall–Kier alpha value is -4.36. The van der Waals surface area contributed by atoms with Crippen LogP contribution in [0.3, 0.4) is 0 Å². The van der Waals surface area contributed by atoms with E-state index in [0.29, 0.717) is 0 Å². The smallest absolute Gasteiger partial charge is 0.0454 e. The number of benzene rings is 5. The SMILES string of the molecule is C=C(/C=C/C=C1/N(C)c2ccc3ccccc3c2C1(C)Cc1ccccc1)C(C)(C)c1c(C)ccc2ccccc12. The predicted molar refractivity (Wildman–Crippen MR) is 178 cm³/mol. The van der Waals surface area contributed by atoms with E-state index in [2.05, 4.69) is 168 Å². The Labute approximate surface area is 245 Å². The summed E-state index contributed by atoms with van der Waals surface area (Å²) in [5.41, 5.74) is 8.69. The van der Waals surface area contributed by atoms with Gasteiger partial charge in [-0.3, -0.25) is 0 Å². The van der Waals surface area contributed by atoms with Crippen LogP contribution in [0.1, 0.15) is 43.0 Å². The number of fused-ring (bicyclic) bond motifs is 4. The quantitative estimate of drug-likeness (QED) is 0.196. The first-order valence-electron chi connectivity index (χ1n) is 14.6. The van der Waals surface area contributed by atoms with E-state index in [1.807, 2.05) is 0 Å². The molecule has 0 aliphatic carbocycles. The lowest BCUT2D eigenvalue weighted by atomic mass is 9.73. The van der Waals surface area contributed by atoms with Crippen molar-refractivity contribution in [2.45, 2.75) is 44.9 Å². The van der Waals surface area contributed by atoms with Gasteiger partial charge in [-0.05, 0) is 81.8 Å². The maximum Gasteiger partial charge on any atom is 0.0454 e. The largest absolute Gasteiger partial charge is 0.347 e. The molecule has 0 saturated carbocycles. The molecule has 6 rings (SSSR count). The molecular weight excluding hydrogens is 494 g/mol. The molecule has 1 heteroatoms. The normalized spacial score (nSPS) is 18.1. The average Bonchev–Trinajstić information content (AvgIpc) is 3.19. The molecule has 1 nitrogen and oxygen atoms in total. The third kappa shape index (κ3) is 4.50. The fraction of sp³-hybridized carbons (Fsp3) is 0.200. The van der Waals surface area contributed by atoms with Crippen molar-refractivity contribution in [3.8, 4) is 0 Å². The maximum absolute atomic E-state index is 4.59. The van der Waals surface area contributed by atoms with Gasteiger partial charge in [0, 0.05) is 29.3 Å². The average molecular weight is 534 g/mol. The summed E-state index contributed by atoms with van der Waals surface area (Å²) in [6, 6.07) is 37.4. The summed E-state index contributed by atoms with van der Waals surface area (Å²) in [5.74, 6) is 0. The minimum atomic E-state index is -0.214. The van der Waals surface area contributed by atoms with E-state index in [-0.39, 0.29) is 10.8 Å². The summed E-state index contributed by atoms with van der Waals surface area (Å²) in [7, 11) is 2.21. The van der Waals surface area contributed by atoms with Crippen LogP contribution in [0.5, 0.6) is 0 Å². The van der Waals surface area contributed by atoms with Crippen molar-refractivity contribution >= 4 is 27.2 Å². The minimum Gasteiger partial charge on any atom is -0.347 e. The maximum atomic E-state index is 4.59. The van der Waals surface area contributed by atoms with Gasteiger partial charge in [-0.1, -0.05) is 130 Å². The standard InChI is InChI=1S/C40H39N/c1-28-23-24-31-18-10-12-20-33(31)37(28)39(3,4)29(2)15-14-22-36-40(5,27-30-16-8-7-9-17-30)38-34-21-13-11-19-32(34)25-26-35(38)41(36)6/h7-26H,2,27H2,1,3-6H3/b15-14+,36-22+. The van der Waals surface area contributed by atoms with E-state index in [9.17, 15) is 0 Å². The molecule has 1 aliphatic rings. The van der Waals surface area contributed by atoms with Crippen LogP contribution in [0.4, 0.5) is 5.69 Å². The van der Waals surface area contributed by atoms with Crippen molar-refractivity contribution in [2.24, 2.45) is 0 Å². The summed E-state index contributed by atoms with van der Waals surface area (Å²) in [5, 5.41) is 5.20. The van der Waals surface area contributed by atoms with Crippen molar-refractivity contribution in [3.63, 3.8) is 0 Å². The zero-order chi connectivity index (χ0) is 28.8. The molecule has 204 valence electrons. The van der Waals surface area contributed by atoms with Gasteiger partial charge in [0.15, 0.2) is 0 Å². The molecule has 0 radical (unpaired) electrons. The zero-order valence-corrected chi connectivity index (χ0v) is 24.9. The molecule has 0 saturated heterocycles. The van der Waals surface area contributed by atoms with E-state index in [0.717, 1.165) is 12.0 Å². The van der Waals surface area contributed by atoms with Gasteiger partial charge in [0.2, 0.25) is 0 Å². The van der Waals surface area contributed by atoms with Crippen LogP contribution < -0.4 is 4.90 Å². The van der Waals surface area contributed by atoms with Gasteiger partial charge in [-0.25, -0.2) is 0 Å². The third-order valence-electron chi connectivity index (χ3n) is 9.26. The Morgan fingerprint density at radius 3 is 2.15 bits per heavy atom. The second-order valence-corrected chi connectivity index (χ2v) is 12.3. The summed E-state index contributed by atoms with van der Waals surface area (Å²) >= 11 is 0. The van der Waals surface area contributed by atoms with Crippen molar-refractivity contribution in [3.05, 3.63) is 161 Å². The second-order valence-electron chi connectivity index (χ2n) is 12.3. The Bertz CT molecular complexity index is 1840. The van der Waals surface area contributed by atoms with Crippen LogP contribution in [-0.4, -0.2) is 7.05 Å². The highest BCUT2D eigenvalue weighted by molar-refractivity contribution is 5.95. The number of rotatable bonds is 6. The Morgan fingerprint density at radius 1 is 0.805 bits per heavy atom. The number of anilines is 1. The first-order chi connectivity index (χ1) is 19.7. The van der Waals surface area contributed by atoms with Crippen molar-refractivity contribution in [1.82, 2.24) is 0 Å². The van der Waals surface area contributed by atoms with Crippen LogP contribution in [0, 0.1) is 6.92 Å². The fourth-order valence-electron chi connectivity index (χ4n) is 7.06. The molecule has 0 N–H and O–H groups in total. The van der Waals surface area contributed by atoms with E-state index >= 15 is 0 Å². The van der Waals surface area contributed by atoms with E-state index < -0.39 is 0 Å². The molecule has 0 amide bonds. The van der Waals surface area contributed by atoms with Gasteiger partial charge in [-0.2, -0.15) is 0 Å². The Balaban J connectivity index is 1.42. The molecule has 41 heavy (non-hydrogen) atoms. The van der Waals surface area contributed by atoms with Crippen LogP contribution in [-0.2, 0) is 17.3 Å². The lowest BCUT2D eigenvalue weighted by Gasteiger charge is -2.30. The lowest BCUT2D eigenvalue weighted by Crippen LogP contribution is -2.29. The highest BCUT2D eigenvalue weighted by Gasteiger charge is 2.43. The molecule has 1 aliphatic heterocycles. The van der Waals surface area contributed by atoms with Gasteiger partial charge in [0.1, 0.15) is 0 Å². The topological polar surface area (TPSA) is 3.24 Å². The summed E-state index contributed by atoms with van der Waals surface area (Å²) in [6.45, 7) is 13.8. The Kier molecular flexibility index (Phi) is 6.70. The highest BCUT2D eigenvalue weighted by Crippen LogP contribution is 2.52. The highest BCUT2D eigenvalue weighted by atomic mass is 15.2. The first kappa shape index (κ1) is 26.8. The molecule has 0 bridgehead atoms. The Morgan fingerprint density at radius 2 is 1.41 bits per heavy atom. The van der Waals surface area contributed by atoms with E-state index in [1.54, 1.807) is 0 Å². The van der Waals surface area contributed by atoms with E-state index in [4.69, 9.17) is 0 Å². The summed E-state index contributed by atoms with van der Waals surface area (Å²) < 4.78 is 0. The summed E-state index contributed by atoms with van der Waals surface area (Å²) in [6.07, 6.45) is 7.68. The number of hydrogen-bond acceptors (Lipinski definition) is 1. The third-order valence-corrected chi connectivity index (χ3v) is 9.26. The molecule has 5 aromatic rings. The van der Waals surface area contributed by atoms with E-state index in [1.165, 1.54) is 55.2 Å². The van der Waals surface area contributed by atoms with Crippen LogP contribution in [0.15, 0.2) is 139 Å². The number of nitrogens with zero attached hydrogens (tertiary/aromatic N) is 1. The van der Waals surface area contributed by atoms with Crippen LogP contribution >= 0.6 is 0 Å². The number of likely N-dealkylation sites (N-methyl/N-ethyl adjacent to an activating group) is 1. The second kappa shape index (κ2) is 10.2. The van der Waals surface area contributed by atoms with Crippen molar-refractivity contribution in [1.29, 1.82) is 0 Å². The molecule has 1 unspecified atom stereocenters. The number of allylic oxidation sites excluding steroid dienone is 5. The first-order valence-corrected chi connectivity index (χ1v) is 14.6. The zero-order valence-electron chi connectivity index (χ0n) is 24.9. The molecule has 0 fully saturated rings. The molecule has 0 spiro atoms. The fourth-order valence-corrected chi connectivity index (χ4v) is 7.06. The van der Waals surface area contributed by atoms with Gasteiger partial charge >= 0.3 is 0 Å². The predicted octanol–water partition coefficient (Wildman–Crippen LogP) is 10.2. The van der Waals surface area contributed by atoms with Gasteiger partial charge in [-0.15, -0.1) is 0 Å². The molecule has 1 heterocycles.